The fourth-order valence-electron chi connectivity index (χ4n) is 4.70. The normalized spacial score (nSPS) is 24.8. The minimum absolute atomic E-state index is 0.0237. The molecule has 1 aromatic rings. The minimum Gasteiger partial charge on any atom is -0.376 e. The number of nitrogens with zero attached hydrogens (tertiary/aromatic N) is 2. The molecule has 3 aliphatic rings. The molecule has 3 fully saturated rings. The van der Waals surface area contributed by atoms with E-state index in [1.807, 2.05) is 28.9 Å². The summed E-state index contributed by atoms with van der Waals surface area (Å²) in [5.74, 6) is 0.293. The Bertz CT molecular complexity index is 737. The molecule has 0 N–H and O–H groups in total. The molecule has 146 valence electrons. The third-order valence-corrected chi connectivity index (χ3v) is 6.63. The lowest BCUT2D eigenvalue weighted by atomic mass is 9.77. The van der Waals surface area contributed by atoms with Crippen LogP contribution in [-0.2, 0) is 9.53 Å². The van der Waals surface area contributed by atoms with Gasteiger partial charge < -0.3 is 14.5 Å². The average molecular weight is 391 g/mol. The summed E-state index contributed by atoms with van der Waals surface area (Å²) in [5, 5.41) is 0.587. The van der Waals surface area contributed by atoms with Gasteiger partial charge in [0.2, 0.25) is 5.91 Å². The molecule has 0 aliphatic carbocycles. The Labute approximate surface area is 165 Å². The molecule has 1 aromatic carbocycles. The maximum atomic E-state index is 12.9. The first-order valence-electron chi connectivity index (χ1n) is 9.91. The molecule has 0 saturated carbocycles. The van der Waals surface area contributed by atoms with E-state index in [1.54, 1.807) is 6.07 Å². The van der Waals surface area contributed by atoms with E-state index in [4.69, 9.17) is 16.3 Å². The van der Waals surface area contributed by atoms with Crippen LogP contribution >= 0.6 is 11.6 Å². The highest BCUT2D eigenvalue weighted by atomic mass is 35.5. The molecule has 0 unspecified atom stereocenters. The lowest BCUT2D eigenvalue weighted by molar-refractivity contribution is -0.129. The molecular formula is C21H27ClN2O3. The van der Waals surface area contributed by atoms with E-state index in [9.17, 15) is 9.59 Å². The third kappa shape index (κ3) is 3.85. The Morgan fingerprint density at radius 1 is 1.33 bits per heavy atom. The Hall–Kier alpha value is -1.59. The Morgan fingerprint density at radius 2 is 2.11 bits per heavy atom. The maximum absolute atomic E-state index is 12.9. The van der Waals surface area contributed by atoms with Gasteiger partial charge in [-0.15, -0.1) is 0 Å². The maximum Gasteiger partial charge on any atom is 0.254 e. The SMILES string of the molecule is Cc1ccc(Cl)cc1C(=O)N1CCC2(CC1)CC(=O)N(C[C@H]1CCCO1)C2. The van der Waals surface area contributed by atoms with Crippen molar-refractivity contribution >= 4 is 23.4 Å². The number of rotatable bonds is 3. The Morgan fingerprint density at radius 3 is 2.81 bits per heavy atom. The Balaban J connectivity index is 1.37. The molecule has 1 atom stereocenters. The van der Waals surface area contributed by atoms with E-state index in [0.29, 0.717) is 30.1 Å². The van der Waals surface area contributed by atoms with Crippen LogP contribution in [0.1, 0.15) is 48.0 Å². The van der Waals surface area contributed by atoms with Gasteiger partial charge in [0.1, 0.15) is 0 Å². The van der Waals surface area contributed by atoms with E-state index < -0.39 is 0 Å². The first kappa shape index (κ1) is 18.8. The van der Waals surface area contributed by atoms with Gasteiger partial charge in [-0.2, -0.15) is 0 Å². The largest absolute Gasteiger partial charge is 0.376 e. The van der Waals surface area contributed by atoms with Gasteiger partial charge >= 0.3 is 0 Å². The third-order valence-electron chi connectivity index (χ3n) is 6.39. The van der Waals surface area contributed by atoms with Crippen molar-refractivity contribution < 1.29 is 14.3 Å². The minimum atomic E-state index is 0.0237. The number of aryl methyl sites for hydroxylation is 1. The first-order chi connectivity index (χ1) is 13.0. The average Bonchev–Trinajstić information content (AvgIpc) is 3.26. The molecule has 0 aromatic heterocycles. The van der Waals surface area contributed by atoms with Crippen LogP contribution in [0.15, 0.2) is 18.2 Å². The highest BCUT2D eigenvalue weighted by Crippen LogP contribution is 2.41. The summed E-state index contributed by atoms with van der Waals surface area (Å²) in [6, 6.07) is 5.46. The van der Waals surface area contributed by atoms with Gasteiger partial charge in [-0.05, 0) is 50.3 Å². The number of likely N-dealkylation sites (tertiary alicyclic amines) is 2. The molecule has 4 rings (SSSR count). The first-order valence-corrected chi connectivity index (χ1v) is 10.3. The number of hydrogen-bond donors (Lipinski definition) is 0. The molecule has 27 heavy (non-hydrogen) atoms. The number of halogens is 1. The van der Waals surface area contributed by atoms with Gasteiger partial charge in [0.05, 0.1) is 6.10 Å². The smallest absolute Gasteiger partial charge is 0.254 e. The Kier molecular flexibility index (Phi) is 5.17. The number of benzene rings is 1. The zero-order chi connectivity index (χ0) is 19.0. The van der Waals surface area contributed by atoms with Gasteiger partial charge in [-0.3, -0.25) is 9.59 Å². The van der Waals surface area contributed by atoms with E-state index in [2.05, 4.69) is 0 Å². The topological polar surface area (TPSA) is 49.9 Å². The summed E-state index contributed by atoms with van der Waals surface area (Å²) in [5.41, 5.74) is 1.65. The van der Waals surface area contributed by atoms with Gasteiger partial charge in [0, 0.05) is 55.2 Å². The van der Waals surface area contributed by atoms with Crippen LogP contribution in [0, 0.1) is 12.3 Å². The molecule has 3 heterocycles. The zero-order valence-corrected chi connectivity index (χ0v) is 16.6. The summed E-state index contributed by atoms with van der Waals surface area (Å²) < 4.78 is 5.70. The number of carbonyl (C=O) groups is 2. The fraction of sp³-hybridized carbons (Fsp3) is 0.619. The zero-order valence-electron chi connectivity index (χ0n) is 15.9. The van der Waals surface area contributed by atoms with Crippen molar-refractivity contribution in [1.82, 2.24) is 9.80 Å². The highest BCUT2D eigenvalue weighted by molar-refractivity contribution is 6.31. The monoisotopic (exact) mass is 390 g/mol. The second-order valence-corrected chi connectivity index (χ2v) is 8.77. The summed E-state index contributed by atoms with van der Waals surface area (Å²) in [4.78, 5) is 29.3. The van der Waals surface area contributed by atoms with Crippen LogP contribution in [0.2, 0.25) is 5.02 Å². The van der Waals surface area contributed by atoms with Crippen LogP contribution in [-0.4, -0.2) is 60.5 Å². The fourth-order valence-corrected chi connectivity index (χ4v) is 4.87. The van der Waals surface area contributed by atoms with E-state index in [0.717, 1.165) is 50.9 Å². The summed E-state index contributed by atoms with van der Waals surface area (Å²) >= 11 is 6.08. The van der Waals surface area contributed by atoms with Crippen molar-refractivity contribution in [2.75, 3.05) is 32.8 Å². The van der Waals surface area contributed by atoms with Crippen LogP contribution < -0.4 is 0 Å². The number of hydrogen-bond acceptors (Lipinski definition) is 3. The van der Waals surface area contributed by atoms with Crippen molar-refractivity contribution in [1.29, 1.82) is 0 Å². The lowest BCUT2D eigenvalue weighted by Crippen LogP contribution is -2.44. The number of carbonyl (C=O) groups excluding carboxylic acids is 2. The van der Waals surface area contributed by atoms with Crippen LogP contribution in [0.4, 0.5) is 0 Å². The van der Waals surface area contributed by atoms with E-state index in [-0.39, 0.29) is 23.3 Å². The predicted octanol–water partition coefficient (Wildman–Crippen LogP) is 3.28. The molecule has 5 nitrogen and oxygen atoms in total. The van der Waals surface area contributed by atoms with Crippen LogP contribution in [0.5, 0.6) is 0 Å². The van der Waals surface area contributed by atoms with Gasteiger partial charge in [-0.1, -0.05) is 17.7 Å². The standard InChI is InChI=1S/C21H27ClN2O3/c1-15-4-5-16(22)11-18(15)20(26)23-8-6-21(7-9-23)12-19(25)24(14-21)13-17-3-2-10-27-17/h4-5,11,17H,2-3,6-10,12-14H2,1H3/t17-/m1/s1. The van der Waals surface area contributed by atoms with Crippen molar-refractivity contribution in [3.05, 3.63) is 34.3 Å². The van der Waals surface area contributed by atoms with Crippen LogP contribution in [0.3, 0.4) is 0 Å². The summed E-state index contributed by atoms with van der Waals surface area (Å²) in [7, 11) is 0. The molecule has 6 heteroatoms. The van der Waals surface area contributed by atoms with Crippen molar-refractivity contribution in [3.63, 3.8) is 0 Å². The van der Waals surface area contributed by atoms with Crippen molar-refractivity contribution in [2.24, 2.45) is 5.41 Å². The second kappa shape index (κ2) is 7.44. The van der Waals surface area contributed by atoms with Gasteiger partial charge in [0.15, 0.2) is 0 Å². The van der Waals surface area contributed by atoms with Crippen molar-refractivity contribution in [2.45, 2.75) is 45.1 Å². The molecule has 2 amide bonds. The second-order valence-electron chi connectivity index (χ2n) is 8.34. The predicted molar refractivity (Wildman–Crippen MR) is 104 cm³/mol. The molecular weight excluding hydrogens is 364 g/mol. The number of amides is 2. The lowest BCUT2D eigenvalue weighted by Gasteiger charge is -2.39. The quantitative estimate of drug-likeness (QED) is 0.795. The van der Waals surface area contributed by atoms with Crippen molar-refractivity contribution in [3.8, 4) is 0 Å². The van der Waals surface area contributed by atoms with E-state index >= 15 is 0 Å². The van der Waals surface area contributed by atoms with E-state index in [1.165, 1.54) is 0 Å². The molecule has 0 radical (unpaired) electrons. The van der Waals surface area contributed by atoms with Gasteiger partial charge in [-0.25, -0.2) is 0 Å². The number of piperidine rings is 1. The molecule has 0 bridgehead atoms. The summed E-state index contributed by atoms with van der Waals surface area (Å²) in [6.07, 6.45) is 4.73. The molecule has 3 aliphatic heterocycles. The molecule has 1 spiro atoms. The number of ether oxygens (including phenoxy) is 1. The summed E-state index contributed by atoms with van der Waals surface area (Å²) in [6.45, 7) is 5.69. The highest BCUT2D eigenvalue weighted by Gasteiger charge is 2.46. The molecule has 3 saturated heterocycles. The van der Waals surface area contributed by atoms with Gasteiger partial charge in [0.25, 0.3) is 5.91 Å². The van der Waals surface area contributed by atoms with Crippen LogP contribution in [0.25, 0.3) is 0 Å².